The van der Waals surface area contributed by atoms with E-state index in [-0.39, 0.29) is 28.7 Å². The SMILES string of the molecule is CC(C)(C)C[C@]1(c2ccc(-c3ncccn3)cc2)N=C(N)N([C@H](COC(=O)NC(C)(C)C(F)F)c2ccc(Cl)c(-n3ncnc3C(F)F)c2)C1=O. The second kappa shape index (κ2) is 14.2. The van der Waals surface area contributed by atoms with Gasteiger partial charge >= 0.3 is 6.09 Å². The molecule has 51 heavy (non-hydrogen) atoms. The highest BCUT2D eigenvalue weighted by atomic mass is 35.5. The summed E-state index contributed by atoms with van der Waals surface area (Å²) >= 11 is 6.43. The zero-order valence-corrected chi connectivity index (χ0v) is 29.1. The largest absolute Gasteiger partial charge is 0.447 e. The quantitative estimate of drug-likeness (QED) is 0.164. The third-order valence-corrected chi connectivity index (χ3v) is 8.42. The maximum atomic E-state index is 14.9. The molecule has 17 heteroatoms. The van der Waals surface area contributed by atoms with E-state index in [9.17, 15) is 27.2 Å². The molecule has 0 saturated carbocycles. The smallest absolute Gasteiger partial charge is 0.407 e. The summed E-state index contributed by atoms with van der Waals surface area (Å²) in [6, 6.07) is 11.7. The lowest BCUT2D eigenvalue weighted by Crippen LogP contribution is -2.50. The summed E-state index contributed by atoms with van der Waals surface area (Å²) in [4.78, 5) is 45.8. The fraction of sp³-hybridized carbons (Fsp3) is 0.382. The lowest BCUT2D eigenvalue weighted by atomic mass is 9.75. The van der Waals surface area contributed by atoms with Crippen molar-refractivity contribution in [3.8, 4) is 17.1 Å². The molecule has 270 valence electrons. The van der Waals surface area contributed by atoms with E-state index in [1.807, 2.05) is 20.8 Å². The highest BCUT2D eigenvalue weighted by Gasteiger charge is 2.53. The van der Waals surface area contributed by atoms with E-state index in [1.165, 1.54) is 18.2 Å². The van der Waals surface area contributed by atoms with Gasteiger partial charge in [-0.25, -0.2) is 47.0 Å². The Morgan fingerprint density at radius 3 is 2.29 bits per heavy atom. The number of amides is 2. The monoisotopic (exact) mass is 729 g/mol. The number of hydrogen-bond acceptors (Lipinski definition) is 9. The number of carbonyl (C=O) groups is 2. The van der Waals surface area contributed by atoms with Gasteiger partial charge < -0.3 is 15.8 Å². The van der Waals surface area contributed by atoms with E-state index in [4.69, 9.17) is 27.1 Å². The van der Waals surface area contributed by atoms with Gasteiger partial charge in [0.2, 0.25) is 0 Å². The summed E-state index contributed by atoms with van der Waals surface area (Å²) in [7, 11) is 0. The molecule has 2 aromatic carbocycles. The molecule has 3 heterocycles. The van der Waals surface area contributed by atoms with Crippen LogP contribution in [0, 0.1) is 5.41 Å². The molecule has 0 bridgehead atoms. The lowest BCUT2D eigenvalue weighted by molar-refractivity contribution is -0.135. The lowest BCUT2D eigenvalue weighted by Gasteiger charge is -2.35. The summed E-state index contributed by atoms with van der Waals surface area (Å²) in [5.41, 5.74) is 3.99. The molecule has 0 saturated heterocycles. The molecule has 3 N–H and O–H groups in total. The highest BCUT2D eigenvalue weighted by molar-refractivity contribution is 6.32. The van der Waals surface area contributed by atoms with E-state index in [2.05, 4.69) is 25.4 Å². The maximum Gasteiger partial charge on any atom is 0.407 e. The van der Waals surface area contributed by atoms with Crippen LogP contribution in [-0.4, -0.2) is 66.2 Å². The Kier molecular flexibility index (Phi) is 10.4. The Balaban J connectivity index is 1.59. The number of guanidine groups is 1. The average Bonchev–Trinajstić information content (AvgIpc) is 3.65. The molecule has 1 aliphatic rings. The van der Waals surface area contributed by atoms with Crippen LogP contribution in [0.1, 0.15) is 70.5 Å². The minimum Gasteiger partial charge on any atom is -0.447 e. The second-order valence-corrected chi connectivity index (χ2v) is 14.1. The summed E-state index contributed by atoms with van der Waals surface area (Å²) in [5, 5.41) is 6.03. The minimum atomic E-state index is -3.01. The number of carbonyl (C=O) groups excluding carboxylic acids is 2. The third kappa shape index (κ3) is 7.80. The Morgan fingerprint density at radius 2 is 1.69 bits per heavy atom. The Hall–Kier alpha value is -5.12. The van der Waals surface area contributed by atoms with Gasteiger partial charge in [0.05, 0.1) is 22.3 Å². The van der Waals surface area contributed by atoms with Crippen molar-refractivity contribution in [2.45, 2.75) is 71.0 Å². The van der Waals surface area contributed by atoms with Crippen LogP contribution in [0.25, 0.3) is 17.1 Å². The summed E-state index contributed by atoms with van der Waals surface area (Å²) in [6.07, 6.45) is -2.78. The first-order valence-electron chi connectivity index (χ1n) is 15.7. The molecule has 12 nitrogen and oxygen atoms in total. The molecule has 0 radical (unpaired) electrons. The minimum absolute atomic E-state index is 0.0150. The zero-order chi connectivity index (χ0) is 37.3. The molecular formula is C34H36ClF4N9O3. The van der Waals surface area contributed by atoms with Gasteiger partial charge in [-0.15, -0.1) is 0 Å². The molecule has 4 aromatic rings. The number of benzene rings is 2. The van der Waals surface area contributed by atoms with Crippen molar-refractivity contribution in [3.05, 3.63) is 89.2 Å². The fourth-order valence-corrected chi connectivity index (χ4v) is 5.93. The molecule has 0 fully saturated rings. The van der Waals surface area contributed by atoms with Crippen molar-refractivity contribution >= 4 is 29.6 Å². The van der Waals surface area contributed by atoms with Gasteiger partial charge in [0.1, 0.15) is 12.9 Å². The number of aliphatic imine (C=N–C) groups is 1. The van der Waals surface area contributed by atoms with Crippen molar-refractivity contribution in [1.82, 2.24) is 34.9 Å². The van der Waals surface area contributed by atoms with Crippen LogP contribution in [0.3, 0.4) is 0 Å². The molecule has 2 atom stereocenters. The molecule has 2 aromatic heterocycles. The van der Waals surface area contributed by atoms with E-state index in [0.29, 0.717) is 17.0 Å². The number of alkyl halides is 4. The number of hydrogen-bond donors (Lipinski definition) is 2. The van der Waals surface area contributed by atoms with Crippen LogP contribution in [-0.2, 0) is 15.1 Å². The van der Waals surface area contributed by atoms with Crippen LogP contribution in [0.15, 0.2) is 72.2 Å². The van der Waals surface area contributed by atoms with Crippen LogP contribution in [0.2, 0.25) is 5.02 Å². The predicted molar refractivity (Wildman–Crippen MR) is 180 cm³/mol. The maximum absolute atomic E-state index is 14.9. The number of halogens is 5. The average molecular weight is 730 g/mol. The van der Waals surface area contributed by atoms with Gasteiger partial charge in [-0.3, -0.25) is 9.69 Å². The highest BCUT2D eigenvalue weighted by Crippen LogP contribution is 2.45. The van der Waals surface area contributed by atoms with Crippen LogP contribution in [0.5, 0.6) is 0 Å². The third-order valence-electron chi connectivity index (χ3n) is 8.10. The molecule has 1 aliphatic heterocycles. The second-order valence-electron chi connectivity index (χ2n) is 13.7. The number of nitrogens with two attached hydrogens (primary N) is 1. The van der Waals surface area contributed by atoms with Gasteiger partial charge in [0.25, 0.3) is 18.8 Å². The van der Waals surface area contributed by atoms with Gasteiger partial charge in [-0.1, -0.05) is 62.7 Å². The summed E-state index contributed by atoms with van der Waals surface area (Å²) < 4.78 is 61.0. The zero-order valence-electron chi connectivity index (χ0n) is 28.3. The van der Waals surface area contributed by atoms with Crippen LogP contribution < -0.4 is 11.1 Å². The van der Waals surface area contributed by atoms with E-state index in [0.717, 1.165) is 29.8 Å². The van der Waals surface area contributed by atoms with Crippen LogP contribution in [0.4, 0.5) is 22.4 Å². The Labute approximate surface area is 296 Å². The predicted octanol–water partition coefficient (Wildman–Crippen LogP) is 6.61. The molecule has 2 amide bonds. The summed E-state index contributed by atoms with van der Waals surface area (Å²) in [6.45, 7) is 7.42. The molecule has 0 unspecified atom stereocenters. The number of rotatable bonds is 11. The normalized spacial score (nSPS) is 17.2. The van der Waals surface area contributed by atoms with Crippen molar-refractivity contribution in [2.75, 3.05) is 6.61 Å². The first-order valence-corrected chi connectivity index (χ1v) is 16.1. The molecule has 5 rings (SSSR count). The van der Waals surface area contributed by atoms with Crippen molar-refractivity contribution < 1.29 is 31.9 Å². The van der Waals surface area contributed by atoms with E-state index in [1.54, 1.807) is 42.7 Å². The number of nitrogens with zero attached hydrogens (tertiary/aromatic N) is 7. The van der Waals surface area contributed by atoms with E-state index < -0.39 is 59.8 Å². The fourth-order valence-electron chi connectivity index (χ4n) is 5.73. The standard InChI is InChI=1S/C34H36ClF4N9O3/c1-32(2,3)17-34(21-10-7-19(8-11-21)26-41-13-6-14-42-26)29(49)47(30(40)45-34)24(16-51-31(50)46-33(4,5)28(38)39)20-9-12-22(35)23(15-20)48-27(25(36)37)43-18-44-48/h6-15,18,24-25,28H,16-17H2,1-5H3,(H2,40,45)(H,46,50)/t24-,34-/m1/s1. The van der Waals surface area contributed by atoms with E-state index >= 15 is 0 Å². The van der Waals surface area contributed by atoms with Gasteiger partial charge in [0, 0.05) is 18.0 Å². The summed E-state index contributed by atoms with van der Waals surface area (Å²) in [5.74, 6) is -1.02. The van der Waals surface area contributed by atoms with Crippen molar-refractivity contribution in [1.29, 1.82) is 0 Å². The van der Waals surface area contributed by atoms with Crippen molar-refractivity contribution in [2.24, 2.45) is 16.1 Å². The Morgan fingerprint density at radius 1 is 1.02 bits per heavy atom. The van der Waals surface area contributed by atoms with Crippen LogP contribution >= 0.6 is 11.6 Å². The van der Waals surface area contributed by atoms with Gasteiger partial charge in [-0.05, 0) is 55.0 Å². The first kappa shape index (κ1) is 37.1. The number of nitrogens with one attached hydrogen (secondary N) is 1. The number of ether oxygens (including phenoxy) is 1. The van der Waals surface area contributed by atoms with Crippen molar-refractivity contribution in [3.63, 3.8) is 0 Å². The number of aromatic nitrogens is 5. The topological polar surface area (TPSA) is 154 Å². The first-order chi connectivity index (χ1) is 23.9. The number of alkyl carbamates (subject to hydrolysis) is 1. The van der Waals surface area contributed by atoms with Gasteiger partial charge in [0.15, 0.2) is 23.1 Å². The molecule has 0 aliphatic carbocycles. The molecular weight excluding hydrogens is 694 g/mol. The Bertz CT molecular complexity index is 1920. The van der Waals surface area contributed by atoms with Gasteiger partial charge in [-0.2, -0.15) is 5.10 Å². The molecule has 0 spiro atoms.